The first-order valence-electron chi connectivity index (χ1n) is 5.17. The topological polar surface area (TPSA) is 21.6 Å². The van der Waals surface area contributed by atoms with Gasteiger partial charge >= 0.3 is 0 Å². The first-order valence-corrected chi connectivity index (χ1v) is 5.17. The van der Waals surface area contributed by atoms with E-state index < -0.39 is 0 Å². The van der Waals surface area contributed by atoms with Crippen LogP contribution in [-0.4, -0.2) is 5.71 Å². The van der Waals surface area contributed by atoms with Crippen molar-refractivity contribution >= 4 is 5.71 Å². The van der Waals surface area contributed by atoms with Gasteiger partial charge < -0.3 is 4.84 Å². The van der Waals surface area contributed by atoms with Crippen molar-refractivity contribution in [1.29, 1.82) is 0 Å². The SMILES string of the molecule is c1ccc(CON=C2CCCC2)cc1. The third kappa shape index (κ3) is 2.59. The van der Waals surface area contributed by atoms with Crippen molar-refractivity contribution < 1.29 is 4.84 Å². The summed E-state index contributed by atoms with van der Waals surface area (Å²) in [6, 6.07) is 10.1. The molecule has 0 bridgehead atoms. The molecule has 0 unspecified atom stereocenters. The Bertz CT molecular complexity index is 297. The molecule has 0 radical (unpaired) electrons. The lowest BCUT2D eigenvalue weighted by atomic mass is 10.2. The lowest BCUT2D eigenvalue weighted by Crippen LogP contribution is -1.92. The van der Waals surface area contributed by atoms with Crippen LogP contribution < -0.4 is 0 Å². The minimum Gasteiger partial charge on any atom is -0.391 e. The van der Waals surface area contributed by atoms with Gasteiger partial charge in [-0.15, -0.1) is 0 Å². The van der Waals surface area contributed by atoms with Crippen LogP contribution in [0.5, 0.6) is 0 Å². The van der Waals surface area contributed by atoms with Crippen LogP contribution in [-0.2, 0) is 11.4 Å². The van der Waals surface area contributed by atoms with Gasteiger partial charge in [0.1, 0.15) is 6.61 Å². The van der Waals surface area contributed by atoms with Gasteiger partial charge in [-0.2, -0.15) is 0 Å². The molecule has 14 heavy (non-hydrogen) atoms. The lowest BCUT2D eigenvalue weighted by molar-refractivity contribution is 0.129. The van der Waals surface area contributed by atoms with Gasteiger partial charge in [0, 0.05) is 0 Å². The Balaban J connectivity index is 1.80. The third-order valence-electron chi connectivity index (χ3n) is 2.45. The van der Waals surface area contributed by atoms with Gasteiger partial charge in [-0.25, -0.2) is 0 Å². The Kier molecular flexibility index (Phi) is 3.17. The quantitative estimate of drug-likeness (QED) is 0.669. The number of hydrogen-bond acceptors (Lipinski definition) is 2. The maximum absolute atomic E-state index is 5.29. The second-order valence-corrected chi connectivity index (χ2v) is 3.62. The molecule has 2 heteroatoms. The molecular weight excluding hydrogens is 174 g/mol. The van der Waals surface area contributed by atoms with Crippen LogP contribution in [0.2, 0.25) is 0 Å². The molecule has 0 aromatic heterocycles. The standard InChI is InChI=1S/C12H15NO/c1-2-6-11(7-3-1)10-14-13-12-8-4-5-9-12/h1-3,6-7H,4-5,8-10H2. The first kappa shape index (κ1) is 9.25. The monoisotopic (exact) mass is 189 g/mol. The van der Waals surface area contributed by atoms with Gasteiger partial charge in [0.05, 0.1) is 5.71 Å². The minimum absolute atomic E-state index is 0.588. The van der Waals surface area contributed by atoms with E-state index in [1.165, 1.54) is 24.1 Å². The van der Waals surface area contributed by atoms with Crippen molar-refractivity contribution in [3.05, 3.63) is 35.9 Å². The van der Waals surface area contributed by atoms with Gasteiger partial charge in [-0.05, 0) is 31.2 Å². The molecule has 74 valence electrons. The van der Waals surface area contributed by atoms with Crippen LogP contribution in [0.4, 0.5) is 0 Å². The molecule has 0 spiro atoms. The molecule has 1 saturated carbocycles. The predicted octanol–water partition coefficient (Wildman–Crippen LogP) is 3.13. The second kappa shape index (κ2) is 4.80. The average Bonchev–Trinajstić information content (AvgIpc) is 2.72. The fourth-order valence-electron chi connectivity index (χ4n) is 1.65. The maximum Gasteiger partial charge on any atom is 0.142 e. The highest BCUT2D eigenvalue weighted by Gasteiger charge is 2.07. The number of benzene rings is 1. The van der Waals surface area contributed by atoms with Crippen molar-refractivity contribution in [2.75, 3.05) is 0 Å². The highest BCUT2D eigenvalue weighted by atomic mass is 16.6. The summed E-state index contributed by atoms with van der Waals surface area (Å²) in [4.78, 5) is 5.29. The third-order valence-corrected chi connectivity index (χ3v) is 2.45. The van der Waals surface area contributed by atoms with Crippen LogP contribution in [0.3, 0.4) is 0 Å². The van der Waals surface area contributed by atoms with Gasteiger partial charge in [0.25, 0.3) is 0 Å². The molecule has 1 aliphatic carbocycles. The first-order chi connectivity index (χ1) is 6.95. The summed E-state index contributed by atoms with van der Waals surface area (Å²) in [5.41, 5.74) is 2.40. The highest BCUT2D eigenvalue weighted by Crippen LogP contribution is 2.15. The Hall–Kier alpha value is -1.31. The number of nitrogens with zero attached hydrogens (tertiary/aromatic N) is 1. The molecule has 1 aromatic rings. The molecule has 0 saturated heterocycles. The van der Waals surface area contributed by atoms with Crippen molar-refractivity contribution in [2.45, 2.75) is 32.3 Å². The van der Waals surface area contributed by atoms with E-state index in [0.717, 1.165) is 12.8 Å². The van der Waals surface area contributed by atoms with E-state index in [-0.39, 0.29) is 0 Å². The second-order valence-electron chi connectivity index (χ2n) is 3.62. The molecule has 0 amide bonds. The highest BCUT2D eigenvalue weighted by molar-refractivity contribution is 5.85. The average molecular weight is 189 g/mol. The number of oxime groups is 1. The van der Waals surface area contributed by atoms with Crippen LogP contribution in [0.1, 0.15) is 31.2 Å². The molecule has 0 aliphatic heterocycles. The summed E-state index contributed by atoms with van der Waals surface area (Å²) < 4.78 is 0. The summed E-state index contributed by atoms with van der Waals surface area (Å²) in [6.07, 6.45) is 4.78. The van der Waals surface area contributed by atoms with Crippen molar-refractivity contribution in [3.63, 3.8) is 0 Å². The van der Waals surface area contributed by atoms with Gasteiger partial charge in [0.15, 0.2) is 0 Å². The number of hydrogen-bond donors (Lipinski definition) is 0. The Morgan fingerprint density at radius 3 is 2.50 bits per heavy atom. The van der Waals surface area contributed by atoms with Gasteiger partial charge in [-0.1, -0.05) is 35.5 Å². The molecule has 0 N–H and O–H groups in total. The normalized spacial score (nSPS) is 15.6. The van der Waals surface area contributed by atoms with Crippen molar-refractivity contribution in [3.8, 4) is 0 Å². The van der Waals surface area contributed by atoms with E-state index in [1.54, 1.807) is 0 Å². The van der Waals surface area contributed by atoms with E-state index in [2.05, 4.69) is 17.3 Å². The van der Waals surface area contributed by atoms with Crippen molar-refractivity contribution in [2.24, 2.45) is 5.16 Å². The van der Waals surface area contributed by atoms with E-state index in [0.29, 0.717) is 6.61 Å². The molecule has 1 aliphatic rings. The van der Waals surface area contributed by atoms with Crippen LogP contribution in [0.15, 0.2) is 35.5 Å². The van der Waals surface area contributed by atoms with E-state index in [1.807, 2.05) is 18.2 Å². The van der Waals surface area contributed by atoms with Crippen molar-refractivity contribution in [1.82, 2.24) is 0 Å². The molecule has 1 aromatic carbocycles. The van der Waals surface area contributed by atoms with Crippen LogP contribution in [0.25, 0.3) is 0 Å². The predicted molar refractivity (Wildman–Crippen MR) is 57.1 cm³/mol. The van der Waals surface area contributed by atoms with E-state index in [4.69, 9.17) is 4.84 Å². The summed E-state index contributed by atoms with van der Waals surface area (Å²) >= 11 is 0. The molecule has 0 heterocycles. The summed E-state index contributed by atoms with van der Waals surface area (Å²) in [7, 11) is 0. The number of rotatable bonds is 3. The summed E-state index contributed by atoms with van der Waals surface area (Å²) in [6.45, 7) is 0.588. The molecular formula is C12H15NO. The molecule has 2 nitrogen and oxygen atoms in total. The molecule has 0 atom stereocenters. The fourth-order valence-corrected chi connectivity index (χ4v) is 1.65. The van der Waals surface area contributed by atoms with Crippen LogP contribution in [0, 0.1) is 0 Å². The zero-order chi connectivity index (χ0) is 9.64. The lowest BCUT2D eigenvalue weighted by Gasteiger charge is -2.00. The van der Waals surface area contributed by atoms with E-state index in [9.17, 15) is 0 Å². The summed E-state index contributed by atoms with van der Waals surface area (Å²) in [5, 5.41) is 4.14. The zero-order valence-corrected chi connectivity index (χ0v) is 8.28. The van der Waals surface area contributed by atoms with Gasteiger partial charge in [-0.3, -0.25) is 0 Å². The van der Waals surface area contributed by atoms with Gasteiger partial charge in [0.2, 0.25) is 0 Å². The van der Waals surface area contributed by atoms with Crippen LogP contribution >= 0.6 is 0 Å². The zero-order valence-electron chi connectivity index (χ0n) is 8.28. The smallest absolute Gasteiger partial charge is 0.142 e. The maximum atomic E-state index is 5.29. The summed E-state index contributed by atoms with van der Waals surface area (Å²) in [5.74, 6) is 0. The molecule has 1 fully saturated rings. The largest absolute Gasteiger partial charge is 0.391 e. The Morgan fingerprint density at radius 1 is 1.07 bits per heavy atom. The minimum atomic E-state index is 0.588. The fraction of sp³-hybridized carbons (Fsp3) is 0.417. The Labute approximate surface area is 84.6 Å². The van der Waals surface area contributed by atoms with E-state index >= 15 is 0 Å². The Morgan fingerprint density at radius 2 is 1.79 bits per heavy atom. The molecule has 2 rings (SSSR count).